The van der Waals surface area contributed by atoms with Gasteiger partial charge in [-0.15, -0.1) is 0 Å². The molecule has 5 rings (SSSR count). The number of aryl methyl sites for hydroxylation is 1. The van der Waals surface area contributed by atoms with Crippen molar-refractivity contribution in [1.29, 1.82) is 0 Å². The highest BCUT2D eigenvalue weighted by Crippen LogP contribution is 2.30. The summed E-state index contributed by atoms with van der Waals surface area (Å²) in [5.41, 5.74) is 2.13. The zero-order valence-electron chi connectivity index (χ0n) is 20.1. The standard InChI is InChI=1S/C25H31FN4O4S2/c26-22-5-2-1-4-20(22)19-35-25-27-23-18-21(36(31,32)29-12-16-34-17-13-29)6-7-24(23)30(25)9-3-8-28-10-14-33-15-11-28/h1-2,4-7,18H,3,8-17,19H2. The molecule has 0 N–H and O–H groups in total. The molecule has 2 aromatic carbocycles. The van der Waals surface area contributed by atoms with Gasteiger partial charge in [-0.2, -0.15) is 4.31 Å². The van der Waals surface area contributed by atoms with E-state index in [0.29, 0.717) is 43.1 Å². The number of imidazole rings is 1. The zero-order valence-corrected chi connectivity index (χ0v) is 21.8. The number of halogens is 1. The first kappa shape index (κ1) is 25.6. The number of benzene rings is 2. The van der Waals surface area contributed by atoms with Gasteiger partial charge in [0.1, 0.15) is 5.82 Å². The molecular weight excluding hydrogens is 503 g/mol. The van der Waals surface area contributed by atoms with Gasteiger partial charge in [0.2, 0.25) is 10.0 Å². The Labute approximate surface area is 215 Å². The minimum Gasteiger partial charge on any atom is -0.379 e. The molecule has 0 amide bonds. The summed E-state index contributed by atoms with van der Waals surface area (Å²) in [6, 6.07) is 11.9. The lowest BCUT2D eigenvalue weighted by Crippen LogP contribution is -2.40. The van der Waals surface area contributed by atoms with Crippen molar-refractivity contribution in [3.05, 3.63) is 53.8 Å². The largest absolute Gasteiger partial charge is 0.379 e. The molecule has 0 spiro atoms. The van der Waals surface area contributed by atoms with E-state index in [-0.39, 0.29) is 10.7 Å². The molecule has 2 aliphatic rings. The Morgan fingerprint density at radius 3 is 2.42 bits per heavy atom. The number of nitrogens with zero attached hydrogens (tertiary/aromatic N) is 4. The van der Waals surface area contributed by atoms with Crippen molar-refractivity contribution in [2.45, 2.75) is 28.8 Å². The van der Waals surface area contributed by atoms with E-state index in [4.69, 9.17) is 14.5 Å². The summed E-state index contributed by atoms with van der Waals surface area (Å²) in [5.74, 6) is 0.206. The lowest BCUT2D eigenvalue weighted by Gasteiger charge is -2.26. The Hall–Kier alpha value is -2.02. The van der Waals surface area contributed by atoms with Crippen LogP contribution in [0.2, 0.25) is 0 Å². The number of fused-ring (bicyclic) bond motifs is 1. The third kappa shape index (κ3) is 5.76. The van der Waals surface area contributed by atoms with E-state index < -0.39 is 10.0 Å². The Morgan fingerprint density at radius 1 is 0.944 bits per heavy atom. The van der Waals surface area contributed by atoms with Crippen LogP contribution in [0.15, 0.2) is 52.5 Å². The zero-order chi connectivity index (χ0) is 25.0. The topological polar surface area (TPSA) is 76.9 Å². The first-order valence-electron chi connectivity index (χ1n) is 12.3. The normalized spacial score (nSPS) is 18.1. The molecule has 0 bridgehead atoms. The van der Waals surface area contributed by atoms with Gasteiger partial charge < -0.3 is 14.0 Å². The van der Waals surface area contributed by atoms with Crippen LogP contribution in [0.1, 0.15) is 12.0 Å². The molecule has 0 saturated carbocycles. The summed E-state index contributed by atoms with van der Waals surface area (Å²) in [7, 11) is -3.62. The molecule has 36 heavy (non-hydrogen) atoms. The maximum atomic E-state index is 14.2. The van der Waals surface area contributed by atoms with Crippen LogP contribution >= 0.6 is 11.8 Å². The van der Waals surface area contributed by atoms with Gasteiger partial charge in [-0.1, -0.05) is 30.0 Å². The summed E-state index contributed by atoms with van der Waals surface area (Å²) in [6.45, 7) is 6.57. The van der Waals surface area contributed by atoms with E-state index in [2.05, 4.69) is 9.47 Å². The van der Waals surface area contributed by atoms with Crippen LogP contribution in [-0.4, -0.2) is 86.3 Å². The maximum Gasteiger partial charge on any atom is 0.243 e. The molecule has 2 aliphatic heterocycles. The Kier molecular flexibility index (Phi) is 8.24. The molecule has 3 heterocycles. The molecule has 8 nitrogen and oxygen atoms in total. The molecule has 2 fully saturated rings. The second kappa shape index (κ2) is 11.6. The highest BCUT2D eigenvalue weighted by atomic mass is 32.2. The van der Waals surface area contributed by atoms with Gasteiger partial charge in [-0.3, -0.25) is 4.90 Å². The summed E-state index contributed by atoms with van der Waals surface area (Å²) in [4.78, 5) is 7.43. The van der Waals surface area contributed by atoms with Crippen molar-refractivity contribution in [2.75, 3.05) is 59.2 Å². The van der Waals surface area contributed by atoms with Crippen LogP contribution in [0.5, 0.6) is 0 Å². The van der Waals surface area contributed by atoms with E-state index in [0.717, 1.165) is 56.5 Å². The fourth-order valence-corrected chi connectivity index (χ4v) is 7.00. The Morgan fingerprint density at radius 2 is 1.67 bits per heavy atom. The SMILES string of the molecule is O=S(=O)(c1ccc2c(c1)nc(SCc1ccccc1F)n2CCCN1CCOCC1)N1CCOCC1. The van der Waals surface area contributed by atoms with E-state index in [1.54, 1.807) is 24.3 Å². The molecule has 0 unspecified atom stereocenters. The van der Waals surface area contributed by atoms with Crippen LogP contribution in [0.25, 0.3) is 11.0 Å². The van der Waals surface area contributed by atoms with Crippen molar-refractivity contribution >= 4 is 32.8 Å². The highest BCUT2D eigenvalue weighted by molar-refractivity contribution is 7.98. The average Bonchev–Trinajstić information content (AvgIpc) is 3.26. The van der Waals surface area contributed by atoms with Crippen LogP contribution in [0.3, 0.4) is 0 Å². The van der Waals surface area contributed by atoms with Crippen LogP contribution in [0, 0.1) is 5.82 Å². The maximum absolute atomic E-state index is 14.2. The second-order valence-electron chi connectivity index (χ2n) is 8.90. The fraction of sp³-hybridized carbons (Fsp3) is 0.480. The monoisotopic (exact) mass is 534 g/mol. The minimum absolute atomic E-state index is 0.237. The van der Waals surface area contributed by atoms with Crippen molar-refractivity contribution in [1.82, 2.24) is 18.8 Å². The molecule has 2 saturated heterocycles. The van der Waals surface area contributed by atoms with E-state index in [1.807, 2.05) is 12.1 Å². The van der Waals surface area contributed by atoms with Gasteiger partial charge in [-0.05, 0) is 36.2 Å². The molecule has 194 valence electrons. The summed E-state index contributed by atoms with van der Waals surface area (Å²) >= 11 is 1.47. The van der Waals surface area contributed by atoms with Gasteiger partial charge >= 0.3 is 0 Å². The van der Waals surface area contributed by atoms with Gasteiger partial charge in [0.25, 0.3) is 0 Å². The molecule has 1 aromatic heterocycles. The lowest BCUT2D eigenvalue weighted by molar-refractivity contribution is 0.0369. The predicted octanol–water partition coefficient (Wildman–Crippen LogP) is 3.21. The van der Waals surface area contributed by atoms with Crippen LogP contribution in [0.4, 0.5) is 4.39 Å². The Bertz CT molecular complexity index is 1290. The van der Waals surface area contributed by atoms with Gasteiger partial charge in [0.05, 0.1) is 42.4 Å². The third-order valence-corrected chi connectivity index (χ3v) is 9.49. The number of ether oxygens (including phenoxy) is 2. The number of aromatic nitrogens is 2. The van der Waals surface area contributed by atoms with E-state index in [1.165, 1.54) is 22.1 Å². The van der Waals surface area contributed by atoms with Crippen molar-refractivity contribution in [2.24, 2.45) is 0 Å². The smallest absolute Gasteiger partial charge is 0.243 e. The number of morpholine rings is 2. The molecule has 0 aliphatic carbocycles. The number of hydrogen-bond acceptors (Lipinski definition) is 7. The average molecular weight is 535 g/mol. The van der Waals surface area contributed by atoms with Crippen molar-refractivity contribution in [3.63, 3.8) is 0 Å². The van der Waals surface area contributed by atoms with Gasteiger partial charge in [-0.25, -0.2) is 17.8 Å². The molecule has 0 radical (unpaired) electrons. The third-order valence-electron chi connectivity index (χ3n) is 6.57. The van der Waals surface area contributed by atoms with Crippen LogP contribution in [-0.2, 0) is 31.8 Å². The summed E-state index contributed by atoms with van der Waals surface area (Å²) in [5, 5.41) is 0.760. The predicted molar refractivity (Wildman–Crippen MR) is 137 cm³/mol. The van der Waals surface area contributed by atoms with Crippen molar-refractivity contribution in [3.8, 4) is 0 Å². The lowest BCUT2D eigenvalue weighted by atomic mass is 10.2. The summed E-state index contributed by atoms with van der Waals surface area (Å²) < 4.78 is 55.0. The molecular formula is C25H31FN4O4S2. The molecule has 0 atom stereocenters. The number of hydrogen-bond donors (Lipinski definition) is 0. The molecule has 3 aromatic rings. The van der Waals surface area contributed by atoms with E-state index >= 15 is 0 Å². The minimum atomic E-state index is -3.62. The number of thioether (sulfide) groups is 1. The number of sulfonamides is 1. The number of rotatable bonds is 9. The first-order valence-corrected chi connectivity index (χ1v) is 14.7. The first-order chi connectivity index (χ1) is 17.5. The summed E-state index contributed by atoms with van der Waals surface area (Å²) in [6.07, 6.45) is 0.923. The highest BCUT2D eigenvalue weighted by Gasteiger charge is 2.27. The van der Waals surface area contributed by atoms with Gasteiger partial charge in [0, 0.05) is 45.0 Å². The Balaban J connectivity index is 1.40. The molecule has 11 heteroatoms. The fourth-order valence-electron chi connectivity index (χ4n) is 4.55. The van der Waals surface area contributed by atoms with Crippen LogP contribution < -0.4 is 0 Å². The van der Waals surface area contributed by atoms with E-state index in [9.17, 15) is 12.8 Å². The van der Waals surface area contributed by atoms with Gasteiger partial charge in [0.15, 0.2) is 5.16 Å². The quantitative estimate of drug-likeness (QED) is 0.390. The van der Waals surface area contributed by atoms with Crippen molar-refractivity contribution < 1.29 is 22.3 Å². The second-order valence-corrected chi connectivity index (χ2v) is 11.8.